The van der Waals surface area contributed by atoms with Gasteiger partial charge in [-0.3, -0.25) is 4.79 Å². The van der Waals surface area contributed by atoms with Crippen LogP contribution in [0.5, 0.6) is 0 Å². The van der Waals surface area contributed by atoms with Crippen LogP contribution in [0.4, 0.5) is 5.82 Å². The number of aromatic nitrogens is 1. The van der Waals surface area contributed by atoms with E-state index in [2.05, 4.69) is 15.6 Å². The van der Waals surface area contributed by atoms with Gasteiger partial charge in [-0.15, -0.1) is 0 Å². The summed E-state index contributed by atoms with van der Waals surface area (Å²) in [5.41, 5.74) is 0.0126. The molecule has 3 N–H and O–H groups in total. The number of amides is 1. The van der Waals surface area contributed by atoms with Crippen LogP contribution >= 0.6 is 11.6 Å². The van der Waals surface area contributed by atoms with E-state index in [4.69, 9.17) is 16.7 Å². The van der Waals surface area contributed by atoms with Gasteiger partial charge in [0.2, 0.25) is 5.91 Å². The summed E-state index contributed by atoms with van der Waals surface area (Å²) >= 11 is 5.92. The average molecular weight is 270 g/mol. The number of carbonyl (C=O) groups excluding carboxylic acids is 1. The molecule has 1 fully saturated rings. The monoisotopic (exact) mass is 269 g/mol. The first-order chi connectivity index (χ1) is 8.58. The molecule has 7 heteroatoms. The third-order valence-electron chi connectivity index (χ3n) is 2.68. The van der Waals surface area contributed by atoms with Crippen molar-refractivity contribution in [2.75, 3.05) is 11.9 Å². The van der Waals surface area contributed by atoms with Gasteiger partial charge in [0.05, 0.1) is 10.6 Å². The maximum Gasteiger partial charge on any atom is 0.337 e. The number of hydrogen-bond acceptors (Lipinski definition) is 4. The first kappa shape index (κ1) is 12.6. The summed E-state index contributed by atoms with van der Waals surface area (Å²) in [5.74, 6) is -0.864. The fourth-order valence-corrected chi connectivity index (χ4v) is 1.96. The Morgan fingerprint density at radius 1 is 1.61 bits per heavy atom. The summed E-state index contributed by atoms with van der Waals surface area (Å²) in [6.45, 7) is 0.677. The van der Waals surface area contributed by atoms with Gasteiger partial charge in [-0.1, -0.05) is 11.6 Å². The van der Waals surface area contributed by atoms with Crippen LogP contribution in [-0.4, -0.2) is 34.6 Å². The minimum Gasteiger partial charge on any atom is -0.478 e. The molecule has 0 saturated carbocycles. The Bertz CT molecular complexity index is 492. The molecule has 2 heterocycles. The molecular weight excluding hydrogens is 258 g/mol. The van der Waals surface area contributed by atoms with E-state index in [-0.39, 0.29) is 22.5 Å². The molecule has 18 heavy (non-hydrogen) atoms. The maximum absolute atomic E-state index is 11.5. The van der Waals surface area contributed by atoms with Crippen LogP contribution < -0.4 is 10.6 Å². The Morgan fingerprint density at radius 3 is 3.00 bits per heavy atom. The van der Waals surface area contributed by atoms with Gasteiger partial charge in [0.15, 0.2) is 0 Å². The number of anilines is 1. The van der Waals surface area contributed by atoms with E-state index in [1.807, 2.05) is 0 Å². The lowest BCUT2D eigenvalue weighted by atomic mass is 10.1. The Hall–Kier alpha value is -1.82. The van der Waals surface area contributed by atoms with Gasteiger partial charge in [0.25, 0.3) is 0 Å². The van der Waals surface area contributed by atoms with Crippen LogP contribution in [0.2, 0.25) is 5.02 Å². The smallest absolute Gasteiger partial charge is 0.337 e. The van der Waals surface area contributed by atoms with E-state index in [9.17, 15) is 9.59 Å². The Balaban J connectivity index is 2.14. The molecule has 1 aliphatic rings. The summed E-state index contributed by atoms with van der Waals surface area (Å²) in [5, 5.41) is 14.6. The molecule has 0 radical (unpaired) electrons. The van der Waals surface area contributed by atoms with Crippen LogP contribution in [-0.2, 0) is 4.79 Å². The number of hydrogen-bond donors (Lipinski definition) is 3. The summed E-state index contributed by atoms with van der Waals surface area (Å²) in [6.07, 6.45) is 2.79. The first-order valence-corrected chi connectivity index (χ1v) is 5.89. The van der Waals surface area contributed by atoms with Crippen molar-refractivity contribution in [1.29, 1.82) is 0 Å². The molecule has 1 amide bonds. The topological polar surface area (TPSA) is 91.3 Å². The van der Waals surface area contributed by atoms with Crippen molar-refractivity contribution in [2.24, 2.45) is 0 Å². The third-order valence-corrected chi connectivity index (χ3v) is 2.97. The van der Waals surface area contributed by atoms with E-state index in [0.717, 1.165) is 6.42 Å². The van der Waals surface area contributed by atoms with Crippen LogP contribution in [0.15, 0.2) is 12.3 Å². The van der Waals surface area contributed by atoms with Crippen molar-refractivity contribution in [3.63, 3.8) is 0 Å². The number of rotatable bonds is 3. The van der Waals surface area contributed by atoms with Crippen molar-refractivity contribution < 1.29 is 14.7 Å². The number of pyridine rings is 1. The van der Waals surface area contributed by atoms with Gasteiger partial charge in [0.1, 0.15) is 11.9 Å². The minimum absolute atomic E-state index is 0.0126. The third kappa shape index (κ3) is 2.70. The van der Waals surface area contributed by atoms with Gasteiger partial charge in [-0.25, -0.2) is 9.78 Å². The standard InChI is InChI=1S/C11H12ClN3O3/c12-7-4-6(11(17)18)5-14-9(7)15-8-2-1-3-13-10(8)16/h4-5,8H,1-3H2,(H,13,16)(H,14,15)(H,17,18). The second-order valence-corrected chi connectivity index (χ2v) is 4.40. The Morgan fingerprint density at radius 2 is 2.39 bits per heavy atom. The van der Waals surface area contributed by atoms with Crippen molar-refractivity contribution in [1.82, 2.24) is 10.3 Å². The van der Waals surface area contributed by atoms with Crippen LogP contribution in [0.1, 0.15) is 23.2 Å². The van der Waals surface area contributed by atoms with Gasteiger partial charge in [-0.05, 0) is 18.9 Å². The SMILES string of the molecule is O=C(O)c1cnc(NC2CCCNC2=O)c(Cl)c1. The zero-order valence-corrected chi connectivity index (χ0v) is 10.2. The van der Waals surface area contributed by atoms with Crippen molar-refractivity contribution >= 4 is 29.3 Å². The highest BCUT2D eigenvalue weighted by molar-refractivity contribution is 6.33. The highest BCUT2D eigenvalue weighted by atomic mass is 35.5. The van der Waals surface area contributed by atoms with Crippen molar-refractivity contribution in [3.8, 4) is 0 Å². The van der Waals surface area contributed by atoms with Gasteiger partial charge >= 0.3 is 5.97 Å². The van der Waals surface area contributed by atoms with Gasteiger partial charge in [0, 0.05) is 12.7 Å². The van der Waals surface area contributed by atoms with Gasteiger partial charge in [-0.2, -0.15) is 0 Å². The van der Waals surface area contributed by atoms with Crippen LogP contribution in [0.25, 0.3) is 0 Å². The molecule has 0 bridgehead atoms. The first-order valence-electron chi connectivity index (χ1n) is 5.51. The predicted molar refractivity (Wildman–Crippen MR) is 65.9 cm³/mol. The zero-order valence-electron chi connectivity index (χ0n) is 9.44. The quantitative estimate of drug-likeness (QED) is 0.765. The summed E-state index contributed by atoms with van der Waals surface area (Å²) in [7, 11) is 0. The fourth-order valence-electron chi connectivity index (χ4n) is 1.74. The van der Waals surface area contributed by atoms with E-state index in [0.29, 0.717) is 18.8 Å². The van der Waals surface area contributed by atoms with Crippen molar-refractivity contribution in [2.45, 2.75) is 18.9 Å². The molecule has 1 aromatic heterocycles. The molecule has 1 atom stereocenters. The zero-order chi connectivity index (χ0) is 13.1. The highest BCUT2D eigenvalue weighted by Gasteiger charge is 2.23. The Labute approximate surface area is 108 Å². The molecule has 2 rings (SSSR count). The molecule has 0 spiro atoms. The lowest BCUT2D eigenvalue weighted by Crippen LogP contribution is -2.44. The van der Waals surface area contributed by atoms with E-state index < -0.39 is 5.97 Å². The van der Waals surface area contributed by atoms with E-state index in [1.54, 1.807) is 0 Å². The molecule has 1 unspecified atom stereocenters. The van der Waals surface area contributed by atoms with Gasteiger partial charge < -0.3 is 15.7 Å². The second kappa shape index (κ2) is 5.22. The number of carboxylic acids is 1. The molecule has 1 saturated heterocycles. The molecule has 1 aliphatic heterocycles. The summed E-state index contributed by atoms with van der Waals surface area (Å²) < 4.78 is 0. The molecule has 1 aromatic rings. The van der Waals surface area contributed by atoms with Crippen molar-refractivity contribution in [3.05, 3.63) is 22.8 Å². The molecule has 0 aliphatic carbocycles. The number of carbonyl (C=O) groups is 2. The molecular formula is C11H12ClN3O3. The number of nitrogens with zero attached hydrogens (tertiary/aromatic N) is 1. The van der Waals surface area contributed by atoms with Crippen LogP contribution in [0.3, 0.4) is 0 Å². The van der Waals surface area contributed by atoms with E-state index >= 15 is 0 Å². The highest BCUT2D eigenvalue weighted by Crippen LogP contribution is 2.22. The Kier molecular flexibility index (Phi) is 3.66. The number of nitrogens with one attached hydrogen (secondary N) is 2. The lowest BCUT2D eigenvalue weighted by molar-refractivity contribution is -0.123. The summed E-state index contributed by atoms with van der Waals surface area (Å²) in [4.78, 5) is 26.2. The molecule has 6 nitrogen and oxygen atoms in total. The largest absolute Gasteiger partial charge is 0.478 e. The second-order valence-electron chi connectivity index (χ2n) is 3.99. The number of aromatic carboxylic acids is 1. The lowest BCUT2D eigenvalue weighted by Gasteiger charge is -2.23. The molecule has 96 valence electrons. The normalized spacial score (nSPS) is 19.2. The fraction of sp³-hybridized carbons (Fsp3) is 0.364. The van der Waals surface area contributed by atoms with Crippen LogP contribution in [0, 0.1) is 0 Å². The maximum atomic E-state index is 11.5. The number of carboxylic acid groups (broad SMARTS) is 1. The minimum atomic E-state index is -1.09. The number of piperidine rings is 1. The number of halogens is 1. The van der Waals surface area contributed by atoms with E-state index in [1.165, 1.54) is 12.3 Å². The summed E-state index contributed by atoms with van der Waals surface area (Å²) in [6, 6.07) is 0.930. The average Bonchev–Trinajstić information content (AvgIpc) is 2.34. The predicted octanol–water partition coefficient (Wildman–Crippen LogP) is 1.12. The molecule has 0 aromatic carbocycles.